The molecule has 0 aromatic heterocycles. The standard InChI is InChI=1S/C16H22N2O2.ClH/c1-20-15-5-4-13(9-14(15)17)18-16(19)8-12-7-10-2-3-11(12)6-10;/h4-5,9-12H,2-3,6-8,17H2,1H3,(H,18,19);1H. The lowest BCUT2D eigenvalue weighted by atomic mass is 9.86. The van der Waals surface area contributed by atoms with E-state index in [4.69, 9.17) is 10.5 Å². The van der Waals surface area contributed by atoms with Crippen LogP contribution in [0, 0.1) is 17.8 Å². The van der Waals surface area contributed by atoms with Crippen molar-refractivity contribution in [2.45, 2.75) is 32.1 Å². The van der Waals surface area contributed by atoms with Crippen molar-refractivity contribution in [3.63, 3.8) is 0 Å². The number of methoxy groups -OCH3 is 1. The summed E-state index contributed by atoms with van der Waals surface area (Å²) in [6, 6.07) is 5.36. The Balaban J connectivity index is 0.00000161. The molecule has 1 aromatic carbocycles. The van der Waals surface area contributed by atoms with Gasteiger partial charge in [0.2, 0.25) is 5.91 Å². The van der Waals surface area contributed by atoms with Gasteiger partial charge in [-0.15, -0.1) is 12.4 Å². The largest absolute Gasteiger partial charge is 0.495 e. The van der Waals surface area contributed by atoms with Crippen molar-refractivity contribution in [1.82, 2.24) is 0 Å². The molecular weight excluding hydrogens is 288 g/mol. The molecule has 2 aliphatic carbocycles. The molecule has 2 bridgehead atoms. The van der Waals surface area contributed by atoms with Crippen LogP contribution >= 0.6 is 12.4 Å². The second-order valence-electron chi connectivity index (χ2n) is 6.14. The molecule has 3 N–H and O–H groups in total. The first-order chi connectivity index (χ1) is 9.65. The fraction of sp³-hybridized carbons (Fsp3) is 0.562. The molecule has 0 spiro atoms. The van der Waals surface area contributed by atoms with Crippen LogP contribution in [0.2, 0.25) is 0 Å². The average molecular weight is 311 g/mol. The van der Waals surface area contributed by atoms with E-state index in [2.05, 4.69) is 5.32 Å². The van der Waals surface area contributed by atoms with E-state index in [1.54, 1.807) is 19.2 Å². The van der Waals surface area contributed by atoms with Gasteiger partial charge in [-0.2, -0.15) is 0 Å². The Bertz CT molecular complexity index is 521. The van der Waals surface area contributed by atoms with Gasteiger partial charge in [0.25, 0.3) is 0 Å². The summed E-state index contributed by atoms with van der Waals surface area (Å²) in [5.41, 5.74) is 7.14. The molecule has 3 unspecified atom stereocenters. The molecule has 0 radical (unpaired) electrons. The van der Waals surface area contributed by atoms with Crippen LogP contribution in [0.15, 0.2) is 18.2 Å². The summed E-state index contributed by atoms with van der Waals surface area (Å²) in [5.74, 6) is 2.99. The summed E-state index contributed by atoms with van der Waals surface area (Å²) in [4.78, 5) is 12.1. The first kappa shape index (κ1) is 16.0. The van der Waals surface area contributed by atoms with Crippen molar-refractivity contribution in [3.05, 3.63) is 18.2 Å². The Hall–Kier alpha value is -1.42. The van der Waals surface area contributed by atoms with Crippen LogP contribution in [-0.2, 0) is 4.79 Å². The Labute approximate surface area is 131 Å². The zero-order valence-corrected chi connectivity index (χ0v) is 13.1. The summed E-state index contributed by atoms with van der Waals surface area (Å²) in [6.45, 7) is 0. The minimum absolute atomic E-state index is 0. The number of carbonyl (C=O) groups excluding carboxylic acids is 1. The number of nitrogens with one attached hydrogen (secondary N) is 1. The third-order valence-corrected chi connectivity index (χ3v) is 4.85. The quantitative estimate of drug-likeness (QED) is 0.837. The van der Waals surface area contributed by atoms with Crippen LogP contribution in [0.4, 0.5) is 11.4 Å². The maximum atomic E-state index is 12.1. The number of nitrogens with two attached hydrogens (primary N) is 1. The van der Waals surface area contributed by atoms with Crippen LogP contribution in [-0.4, -0.2) is 13.0 Å². The van der Waals surface area contributed by atoms with Gasteiger partial charge in [0, 0.05) is 12.1 Å². The molecule has 3 rings (SSSR count). The molecule has 116 valence electrons. The molecule has 5 heteroatoms. The highest BCUT2D eigenvalue weighted by Crippen LogP contribution is 2.49. The predicted octanol–water partition coefficient (Wildman–Crippen LogP) is 3.46. The SMILES string of the molecule is COc1ccc(NC(=O)CC2CC3CCC2C3)cc1N.Cl. The van der Waals surface area contributed by atoms with Crippen molar-refractivity contribution in [1.29, 1.82) is 0 Å². The van der Waals surface area contributed by atoms with Crippen molar-refractivity contribution in [3.8, 4) is 5.75 Å². The zero-order chi connectivity index (χ0) is 14.1. The van der Waals surface area contributed by atoms with Crippen LogP contribution in [0.3, 0.4) is 0 Å². The van der Waals surface area contributed by atoms with E-state index < -0.39 is 0 Å². The Kier molecular flexibility index (Phi) is 4.99. The summed E-state index contributed by atoms with van der Waals surface area (Å²) < 4.78 is 5.11. The Morgan fingerprint density at radius 3 is 2.76 bits per heavy atom. The lowest BCUT2D eigenvalue weighted by molar-refractivity contribution is -0.117. The number of hydrogen-bond donors (Lipinski definition) is 2. The van der Waals surface area contributed by atoms with Gasteiger partial charge in [0.1, 0.15) is 5.75 Å². The number of benzene rings is 1. The third kappa shape index (κ3) is 3.43. The van der Waals surface area contributed by atoms with E-state index in [1.165, 1.54) is 25.7 Å². The van der Waals surface area contributed by atoms with E-state index in [0.29, 0.717) is 23.8 Å². The van der Waals surface area contributed by atoms with Crippen LogP contribution < -0.4 is 15.8 Å². The summed E-state index contributed by atoms with van der Waals surface area (Å²) in [5, 5.41) is 2.95. The molecule has 0 aliphatic heterocycles. The zero-order valence-electron chi connectivity index (χ0n) is 12.3. The number of anilines is 2. The van der Waals surface area contributed by atoms with Crippen LogP contribution in [0.5, 0.6) is 5.75 Å². The number of halogens is 1. The van der Waals surface area contributed by atoms with E-state index >= 15 is 0 Å². The lowest BCUT2D eigenvalue weighted by Gasteiger charge is -2.21. The molecule has 4 nitrogen and oxygen atoms in total. The van der Waals surface area contributed by atoms with E-state index in [1.807, 2.05) is 6.07 Å². The maximum absolute atomic E-state index is 12.1. The monoisotopic (exact) mass is 310 g/mol. The fourth-order valence-electron chi connectivity index (χ4n) is 3.89. The number of fused-ring (bicyclic) bond motifs is 2. The summed E-state index contributed by atoms with van der Waals surface area (Å²) in [7, 11) is 1.58. The van der Waals surface area contributed by atoms with Gasteiger partial charge in [0.15, 0.2) is 0 Å². The van der Waals surface area contributed by atoms with Crippen molar-refractivity contribution in [2.75, 3.05) is 18.2 Å². The first-order valence-electron chi connectivity index (χ1n) is 7.39. The van der Waals surface area contributed by atoms with Gasteiger partial charge in [-0.05, 0) is 55.2 Å². The summed E-state index contributed by atoms with van der Waals surface area (Å²) in [6.07, 6.45) is 5.92. The molecule has 2 aliphatic rings. The van der Waals surface area contributed by atoms with Crippen molar-refractivity contribution >= 4 is 29.7 Å². The average Bonchev–Trinajstić information content (AvgIpc) is 3.01. The van der Waals surface area contributed by atoms with E-state index in [9.17, 15) is 4.79 Å². The van der Waals surface area contributed by atoms with Crippen molar-refractivity contribution in [2.24, 2.45) is 17.8 Å². The molecule has 1 amide bonds. The second kappa shape index (κ2) is 6.56. The first-order valence-corrected chi connectivity index (χ1v) is 7.39. The van der Waals surface area contributed by atoms with E-state index in [0.717, 1.165) is 17.5 Å². The van der Waals surface area contributed by atoms with Crippen molar-refractivity contribution < 1.29 is 9.53 Å². The molecule has 0 saturated heterocycles. The van der Waals surface area contributed by atoms with E-state index in [-0.39, 0.29) is 18.3 Å². The Morgan fingerprint density at radius 1 is 1.38 bits per heavy atom. The van der Waals surface area contributed by atoms with Gasteiger partial charge in [-0.3, -0.25) is 4.79 Å². The summed E-state index contributed by atoms with van der Waals surface area (Å²) >= 11 is 0. The molecule has 21 heavy (non-hydrogen) atoms. The topological polar surface area (TPSA) is 64.3 Å². The van der Waals surface area contributed by atoms with Gasteiger partial charge < -0.3 is 15.8 Å². The molecule has 2 fully saturated rings. The number of amides is 1. The normalized spacial score (nSPS) is 26.2. The second-order valence-corrected chi connectivity index (χ2v) is 6.14. The number of nitrogen functional groups attached to an aromatic ring is 1. The highest BCUT2D eigenvalue weighted by Gasteiger charge is 2.40. The number of rotatable bonds is 4. The minimum Gasteiger partial charge on any atom is -0.495 e. The molecular formula is C16H23ClN2O2. The molecule has 3 atom stereocenters. The third-order valence-electron chi connectivity index (χ3n) is 4.85. The fourth-order valence-corrected chi connectivity index (χ4v) is 3.89. The minimum atomic E-state index is 0. The van der Waals surface area contributed by atoms with Gasteiger partial charge >= 0.3 is 0 Å². The number of ether oxygens (including phenoxy) is 1. The molecule has 2 saturated carbocycles. The van der Waals surface area contributed by atoms with Crippen LogP contribution in [0.1, 0.15) is 32.1 Å². The molecule has 1 aromatic rings. The lowest BCUT2D eigenvalue weighted by Crippen LogP contribution is -2.20. The number of hydrogen-bond acceptors (Lipinski definition) is 3. The van der Waals surface area contributed by atoms with Gasteiger partial charge in [-0.1, -0.05) is 6.42 Å². The van der Waals surface area contributed by atoms with Gasteiger partial charge in [0.05, 0.1) is 12.8 Å². The maximum Gasteiger partial charge on any atom is 0.224 e. The highest BCUT2D eigenvalue weighted by molar-refractivity contribution is 5.91. The highest BCUT2D eigenvalue weighted by atomic mass is 35.5. The molecule has 0 heterocycles. The van der Waals surface area contributed by atoms with Gasteiger partial charge in [-0.25, -0.2) is 0 Å². The predicted molar refractivity (Wildman–Crippen MR) is 86.8 cm³/mol. The smallest absolute Gasteiger partial charge is 0.224 e. The Morgan fingerprint density at radius 2 is 2.19 bits per heavy atom. The van der Waals surface area contributed by atoms with Crippen LogP contribution in [0.25, 0.3) is 0 Å². The number of carbonyl (C=O) groups is 1.